The Morgan fingerprint density at radius 2 is 1.89 bits per heavy atom. The molecular weight excluding hydrogens is 463 g/mol. The normalized spacial score (nSPS) is 20.0. The summed E-state index contributed by atoms with van der Waals surface area (Å²) in [6.07, 6.45) is -1.88. The molecule has 2 aromatic carbocycles. The van der Waals surface area contributed by atoms with Gasteiger partial charge in [0.1, 0.15) is 17.1 Å². The topological polar surface area (TPSA) is 85.6 Å². The van der Waals surface area contributed by atoms with E-state index in [1.165, 1.54) is 37.4 Å². The first-order valence-electron chi connectivity index (χ1n) is 11.3. The second-order valence-corrected chi connectivity index (χ2v) is 9.92. The van der Waals surface area contributed by atoms with Gasteiger partial charge in [0.05, 0.1) is 18.1 Å². The second-order valence-electron chi connectivity index (χ2n) is 9.92. The fourth-order valence-corrected chi connectivity index (χ4v) is 5.28. The van der Waals surface area contributed by atoms with E-state index in [2.05, 4.69) is 40.4 Å². The first kappa shape index (κ1) is 24.7. The van der Waals surface area contributed by atoms with Gasteiger partial charge >= 0.3 is 12.3 Å². The zero-order chi connectivity index (χ0) is 25.5. The lowest BCUT2D eigenvalue weighted by molar-refractivity contribution is -0.274. The summed E-state index contributed by atoms with van der Waals surface area (Å²) >= 11 is 0. The molecule has 0 bridgehead atoms. The van der Waals surface area contributed by atoms with Crippen LogP contribution in [0.2, 0.25) is 0 Å². The van der Waals surface area contributed by atoms with Crippen molar-refractivity contribution in [2.75, 3.05) is 12.4 Å². The summed E-state index contributed by atoms with van der Waals surface area (Å²) < 4.78 is 48.9. The number of ether oxygens (including phenoxy) is 2. The highest BCUT2D eigenvalue weighted by Crippen LogP contribution is 2.46. The maximum absolute atomic E-state index is 12.5. The molecule has 7 nitrogen and oxygen atoms in total. The lowest BCUT2D eigenvalue weighted by atomic mass is 9.70. The number of aromatic nitrogens is 2. The average molecular weight is 492 g/mol. The van der Waals surface area contributed by atoms with Crippen LogP contribution in [-0.2, 0) is 0 Å². The number of alkyl halides is 3. The van der Waals surface area contributed by atoms with Crippen LogP contribution in [0.15, 0.2) is 36.4 Å². The van der Waals surface area contributed by atoms with E-state index in [0.717, 1.165) is 24.8 Å². The van der Waals surface area contributed by atoms with E-state index in [1.54, 1.807) is 6.07 Å². The van der Waals surface area contributed by atoms with E-state index in [0.29, 0.717) is 23.1 Å². The third-order valence-corrected chi connectivity index (χ3v) is 6.31. The molecule has 188 valence electrons. The highest BCUT2D eigenvalue weighted by Gasteiger charge is 2.35. The number of hydrogen-bond acceptors (Lipinski definition) is 5. The predicted octanol–water partition coefficient (Wildman–Crippen LogP) is 6.77. The number of hydrogen-bond donors (Lipinski definition) is 2. The maximum Gasteiger partial charge on any atom is 0.573 e. The standard InChI is InChI=1S/C25H28F3N3O4/c1-14-9-16(13-24(2,3)12-14)31-20-11-21(34-4)18(22(32)33)10-19(20)30-23(31)29-15-5-7-17(8-6-15)35-25(26,27)28/h5-8,10-11,14,16H,9,12-13H2,1-4H3,(H,29,30)(H,32,33). The molecule has 1 aliphatic rings. The molecule has 4 rings (SSSR count). The van der Waals surface area contributed by atoms with Gasteiger partial charge in [0.25, 0.3) is 0 Å². The molecule has 1 aliphatic carbocycles. The molecule has 0 spiro atoms. The number of nitrogens with zero attached hydrogens (tertiary/aromatic N) is 2. The van der Waals surface area contributed by atoms with Crippen molar-refractivity contribution >= 4 is 28.6 Å². The molecule has 0 aliphatic heterocycles. The van der Waals surface area contributed by atoms with E-state index >= 15 is 0 Å². The lowest BCUT2D eigenvalue weighted by Gasteiger charge is -2.40. The summed E-state index contributed by atoms with van der Waals surface area (Å²) in [5.41, 5.74) is 1.82. The Balaban J connectivity index is 1.79. The van der Waals surface area contributed by atoms with Gasteiger partial charge in [0.15, 0.2) is 0 Å². The predicted molar refractivity (Wildman–Crippen MR) is 125 cm³/mol. The molecule has 0 saturated heterocycles. The van der Waals surface area contributed by atoms with Crippen LogP contribution in [0.5, 0.6) is 11.5 Å². The van der Waals surface area contributed by atoms with Gasteiger partial charge in [0, 0.05) is 17.8 Å². The van der Waals surface area contributed by atoms with Crippen molar-refractivity contribution in [3.63, 3.8) is 0 Å². The number of carboxylic acids is 1. The summed E-state index contributed by atoms with van der Waals surface area (Å²) in [5, 5.41) is 12.8. The van der Waals surface area contributed by atoms with Crippen molar-refractivity contribution < 1.29 is 32.5 Å². The third-order valence-electron chi connectivity index (χ3n) is 6.31. The summed E-state index contributed by atoms with van der Waals surface area (Å²) in [7, 11) is 1.42. The summed E-state index contributed by atoms with van der Waals surface area (Å²) in [6.45, 7) is 6.66. The lowest BCUT2D eigenvalue weighted by Crippen LogP contribution is -2.29. The van der Waals surface area contributed by atoms with E-state index in [4.69, 9.17) is 4.74 Å². The Labute approximate surface area is 200 Å². The number of fused-ring (bicyclic) bond motifs is 1. The SMILES string of the molecule is COc1cc2c(cc1C(=O)O)nc(Nc1ccc(OC(F)(F)F)cc1)n2C1CC(C)CC(C)(C)C1. The van der Waals surface area contributed by atoms with Crippen LogP contribution in [0.1, 0.15) is 56.4 Å². The summed E-state index contributed by atoms with van der Waals surface area (Å²) in [6, 6.07) is 8.64. The first-order chi connectivity index (χ1) is 16.3. The zero-order valence-corrected chi connectivity index (χ0v) is 19.9. The number of methoxy groups -OCH3 is 1. The van der Waals surface area contributed by atoms with Crippen LogP contribution >= 0.6 is 0 Å². The van der Waals surface area contributed by atoms with Gasteiger partial charge in [-0.05, 0) is 60.9 Å². The molecular formula is C25H28F3N3O4. The van der Waals surface area contributed by atoms with Crippen molar-refractivity contribution in [1.82, 2.24) is 9.55 Å². The highest BCUT2D eigenvalue weighted by molar-refractivity contribution is 5.96. The Kier molecular flexibility index (Phi) is 6.33. The number of benzene rings is 2. The largest absolute Gasteiger partial charge is 0.573 e. The van der Waals surface area contributed by atoms with E-state index < -0.39 is 12.3 Å². The third kappa shape index (κ3) is 5.47. The number of nitrogens with one attached hydrogen (secondary N) is 1. The van der Waals surface area contributed by atoms with Crippen LogP contribution in [0.25, 0.3) is 11.0 Å². The number of carbonyl (C=O) groups is 1. The molecule has 3 aromatic rings. The minimum Gasteiger partial charge on any atom is -0.496 e. The molecule has 35 heavy (non-hydrogen) atoms. The fourth-order valence-electron chi connectivity index (χ4n) is 5.28. The van der Waals surface area contributed by atoms with Crippen molar-refractivity contribution in [2.24, 2.45) is 11.3 Å². The maximum atomic E-state index is 12.5. The molecule has 2 unspecified atom stereocenters. The zero-order valence-electron chi connectivity index (χ0n) is 19.9. The second kappa shape index (κ2) is 8.98. The number of carboxylic acid groups (broad SMARTS) is 1. The first-order valence-corrected chi connectivity index (χ1v) is 11.3. The Morgan fingerprint density at radius 1 is 1.20 bits per heavy atom. The monoisotopic (exact) mass is 491 g/mol. The molecule has 2 atom stereocenters. The van der Waals surface area contributed by atoms with Crippen LogP contribution < -0.4 is 14.8 Å². The molecule has 1 saturated carbocycles. The van der Waals surface area contributed by atoms with Crippen LogP contribution in [0.3, 0.4) is 0 Å². The van der Waals surface area contributed by atoms with Gasteiger partial charge in [0.2, 0.25) is 5.95 Å². The number of rotatable bonds is 6. The number of aromatic carboxylic acids is 1. The minimum absolute atomic E-state index is 0.00203. The van der Waals surface area contributed by atoms with Gasteiger partial charge < -0.3 is 24.5 Å². The molecule has 10 heteroatoms. The van der Waals surface area contributed by atoms with Gasteiger partial charge in [-0.25, -0.2) is 9.78 Å². The van der Waals surface area contributed by atoms with E-state index in [9.17, 15) is 23.1 Å². The van der Waals surface area contributed by atoms with Crippen molar-refractivity contribution in [1.29, 1.82) is 0 Å². The Morgan fingerprint density at radius 3 is 2.46 bits per heavy atom. The summed E-state index contributed by atoms with van der Waals surface area (Å²) in [4.78, 5) is 16.4. The molecule has 1 aromatic heterocycles. The van der Waals surface area contributed by atoms with Gasteiger partial charge in [-0.15, -0.1) is 13.2 Å². The van der Waals surface area contributed by atoms with Crippen molar-refractivity contribution in [3.05, 3.63) is 42.0 Å². The van der Waals surface area contributed by atoms with Crippen molar-refractivity contribution in [3.8, 4) is 11.5 Å². The number of halogens is 3. The van der Waals surface area contributed by atoms with Crippen LogP contribution in [0, 0.1) is 11.3 Å². The minimum atomic E-state index is -4.77. The van der Waals surface area contributed by atoms with E-state index in [1.807, 2.05) is 0 Å². The highest BCUT2D eigenvalue weighted by atomic mass is 19.4. The molecule has 1 fully saturated rings. The molecule has 0 radical (unpaired) electrons. The van der Waals surface area contributed by atoms with E-state index in [-0.39, 0.29) is 28.5 Å². The molecule has 2 N–H and O–H groups in total. The Bertz CT molecular complexity index is 1240. The molecule has 1 heterocycles. The van der Waals surface area contributed by atoms with Gasteiger partial charge in [-0.1, -0.05) is 20.8 Å². The number of anilines is 2. The number of imidazole rings is 1. The smallest absolute Gasteiger partial charge is 0.496 e. The fraction of sp³-hybridized carbons (Fsp3) is 0.440. The van der Waals surface area contributed by atoms with Gasteiger partial charge in [-0.3, -0.25) is 0 Å². The van der Waals surface area contributed by atoms with Crippen LogP contribution in [0.4, 0.5) is 24.8 Å². The average Bonchev–Trinajstić information content (AvgIpc) is 3.08. The Hall–Kier alpha value is -3.43. The molecule has 0 amide bonds. The summed E-state index contributed by atoms with van der Waals surface area (Å²) in [5.74, 6) is -0.276. The van der Waals surface area contributed by atoms with Crippen LogP contribution in [-0.4, -0.2) is 34.1 Å². The van der Waals surface area contributed by atoms with Crippen molar-refractivity contribution in [2.45, 2.75) is 52.4 Å². The quantitative estimate of drug-likeness (QED) is 0.396. The van der Waals surface area contributed by atoms with Gasteiger partial charge in [-0.2, -0.15) is 0 Å².